The number of furan rings is 1. The first kappa shape index (κ1) is 13.6. The van der Waals surface area contributed by atoms with E-state index in [-0.39, 0.29) is 0 Å². The van der Waals surface area contributed by atoms with Gasteiger partial charge in [0, 0.05) is 21.4 Å². The van der Waals surface area contributed by atoms with Gasteiger partial charge < -0.3 is 4.42 Å². The molecule has 0 fully saturated rings. The van der Waals surface area contributed by atoms with Gasteiger partial charge in [-0.1, -0.05) is 66.2 Å². The second-order valence-corrected chi connectivity index (χ2v) is 6.39. The normalized spacial score (nSPS) is 11.5. The summed E-state index contributed by atoms with van der Waals surface area (Å²) in [5, 5.41) is 5.49. The third-order valence-electron chi connectivity index (χ3n) is 4.53. The SMILES string of the molecule is Clc1ccc(-c2cc3ccccc3c3c2oc2ccccc23)cc1. The van der Waals surface area contributed by atoms with Crippen molar-refractivity contribution in [2.24, 2.45) is 0 Å². The largest absolute Gasteiger partial charge is 0.455 e. The van der Waals surface area contributed by atoms with Gasteiger partial charge in [0.2, 0.25) is 0 Å². The van der Waals surface area contributed by atoms with E-state index in [1.807, 2.05) is 36.4 Å². The van der Waals surface area contributed by atoms with Crippen LogP contribution in [-0.4, -0.2) is 0 Å². The van der Waals surface area contributed by atoms with Crippen LogP contribution in [0.15, 0.2) is 83.3 Å². The Balaban J connectivity index is 2.00. The van der Waals surface area contributed by atoms with Crippen LogP contribution in [0.5, 0.6) is 0 Å². The maximum Gasteiger partial charge on any atom is 0.143 e. The van der Waals surface area contributed by atoms with E-state index in [0.717, 1.165) is 32.7 Å². The van der Waals surface area contributed by atoms with Gasteiger partial charge in [0.1, 0.15) is 11.2 Å². The van der Waals surface area contributed by atoms with Gasteiger partial charge in [-0.15, -0.1) is 0 Å². The van der Waals surface area contributed by atoms with Gasteiger partial charge >= 0.3 is 0 Å². The second-order valence-electron chi connectivity index (χ2n) is 5.95. The Kier molecular flexibility index (Phi) is 2.91. The van der Waals surface area contributed by atoms with Crippen LogP contribution in [0.3, 0.4) is 0 Å². The molecule has 0 spiro atoms. The van der Waals surface area contributed by atoms with Crippen molar-refractivity contribution >= 4 is 44.3 Å². The van der Waals surface area contributed by atoms with Crippen LogP contribution in [-0.2, 0) is 0 Å². The minimum Gasteiger partial charge on any atom is -0.455 e. The molecule has 0 atom stereocenters. The van der Waals surface area contributed by atoms with E-state index in [1.165, 1.54) is 16.2 Å². The third-order valence-corrected chi connectivity index (χ3v) is 4.78. The Bertz CT molecular complexity index is 1200. The van der Waals surface area contributed by atoms with Crippen LogP contribution in [0.4, 0.5) is 0 Å². The lowest BCUT2D eigenvalue weighted by molar-refractivity contribution is 0.670. The molecule has 1 nitrogen and oxygen atoms in total. The lowest BCUT2D eigenvalue weighted by Crippen LogP contribution is -1.82. The van der Waals surface area contributed by atoms with E-state index >= 15 is 0 Å². The van der Waals surface area contributed by atoms with Gasteiger partial charge in [0.15, 0.2) is 0 Å². The number of hydrogen-bond donors (Lipinski definition) is 0. The smallest absolute Gasteiger partial charge is 0.143 e. The molecule has 24 heavy (non-hydrogen) atoms. The summed E-state index contributed by atoms with van der Waals surface area (Å²) in [5.41, 5.74) is 4.04. The molecule has 0 saturated heterocycles. The molecule has 1 aromatic heterocycles. The fourth-order valence-corrected chi connectivity index (χ4v) is 3.54. The summed E-state index contributed by atoms with van der Waals surface area (Å²) >= 11 is 6.05. The Morgan fingerprint density at radius 3 is 2.25 bits per heavy atom. The molecule has 0 N–H and O–H groups in total. The predicted molar refractivity (Wildman–Crippen MR) is 102 cm³/mol. The molecule has 5 rings (SSSR count). The van der Waals surface area contributed by atoms with Crippen LogP contribution in [0.1, 0.15) is 0 Å². The first-order valence-electron chi connectivity index (χ1n) is 7.90. The summed E-state index contributed by atoms with van der Waals surface area (Å²) in [7, 11) is 0. The second kappa shape index (κ2) is 5.12. The summed E-state index contributed by atoms with van der Waals surface area (Å²) in [5.74, 6) is 0. The minimum absolute atomic E-state index is 0.736. The Labute approximate surface area is 144 Å². The molecule has 4 aromatic carbocycles. The van der Waals surface area contributed by atoms with E-state index in [4.69, 9.17) is 16.0 Å². The van der Waals surface area contributed by atoms with Crippen LogP contribution < -0.4 is 0 Å². The van der Waals surface area contributed by atoms with Crippen molar-refractivity contribution in [3.63, 3.8) is 0 Å². The fourth-order valence-electron chi connectivity index (χ4n) is 3.42. The summed E-state index contributed by atoms with van der Waals surface area (Å²) in [6, 6.07) is 26.8. The molecule has 0 aliphatic heterocycles. The molecule has 0 bridgehead atoms. The zero-order valence-electron chi connectivity index (χ0n) is 12.8. The summed E-state index contributed by atoms with van der Waals surface area (Å²) in [4.78, 5) is 0. The lowest BCUT2D eigenvalue weighted by Gasteiger charge is -2.07. The summed E-state index contributed by atoms with van der Waals surface area (Å²) in [6.07, 6.45) is 0. The molecule has 0 saturated carbocycles. The van der Waals surface area contributed by atoms with Gasteiger partial charge in [0.25, 0.3) is 0 Å². The number of rotatable bonds is 1. The van der Waals surface area contributed by atoms with E-state index in [1.54, 1.807) is 0 Å². The minimum atomic E-state index is 0.736. The highest BCUT2D eigenvalue weighted by atomic mass is 35.5. The van der Waals surface area contributed by atoms with Crippen molar-refractivity contribution in [2.75, 3.05) is 0 Å². The van der Waals surface area contributed by atoms with Crippen LogP contribution in [0.2, 0.25) is 5.02 Å². The number of benzene rings is 4. The topological polar surface area (TPSA) is 13.1 Å². The average molecular weight is 329 g/mol. The molecule has 0 amide bonds. The molecule has 2 heteroatoms. The van der Waals surface area contributed by atoms with E-state index in [9.17, 15) is 0 Å². The molecular weight excluding hydrogens is 316 g/mol. The molecule has 0 radical (unpaired) electrons. The van der Waals surface area contributed by atoms with Crippen molar-refractivity contribution < 1.29 is 4.42 Å². The van der Waals surface area contributed by atoms with Gasteiger partial charge in [-0.3, -0.25) is 0 Å². The predicted octanol–water partition coefficient (Wildman–Crippen LogP) is 7.06. The molecule has 5 aromatic rings. The lowest BCUT2D eigenvalue weighted by atomic mass is 9.96. The molecule has 0 aliphatic carbocycles. The number of para-hydroxylation sites is 1. The number of halogens is 1. The van der Waals surface area contributed by atoms with Crippen molar-refractivity contribution in [3.05, 3.63) is 83.9 Å². The van der Waals surface area contributed by atoms with Gasteiger partial charge in [-0.25, -0.2) is 0 Å². The molecular formula is C22H13ClO. The first-order valence-corrected chi connectivity index (χ1v) is 8.28. The van der Waals surface area contributed by atoms with E-state index in [2.05, 4.69) is 42.5 Å². The molecule has 0 aliphatic rings. The van der Waals surface area contributed by atoms with Crippen molar-refractivity contribution in [2.45, 2.75) is 0 Å². The highest BCUT2D eigenvalue weighted by Crippen LogP contribution is 2.40. The van der Waals surface area contributed by atoms with Crippen LogP contribution in [0.25, 0.3) is 43.8 Å². The zero-order valence-corrected chi connectivity index (χ0v) is 13.5. The van der Waals surface area contributed by atoms with Gasteiger partial charge in [-0.2, -0.15) is 0 Å². The first-order chi connectivity index (χ1) is 11.8. The highest BCUT2D eigenvalue weighted by molar-refractivity contribution is 6.30. The maximum absolute atomic E-state index is 6.24. The number of hydrogen-bond acceptors (Lipinski definition) is 1. The summed E-state index contributed by atoms with van der Waals surface area (Å²) in [6.45, 7) is 0. The van der Waals surface area contributed by atoms with Gasteiger partial charge in [-0.05, 0) is 40.6 Å². The monoisotopic (exact) mass is 328 g/mol. The fraction of sp³-hybridized carbons (Fsp3) is 0. The quantitative estimate of drug-likeness (QED) is 0.321. The Morgan fingerprint density at radius 2 is 1.42 bits per heavy atom. The average Bonchev–Trinajstić information content (AvgIpc) is 3.02. The Hall–Kier alpha value is -2.77. The zero-order chi connectivity index (χ0) is 16.1. The standard InChI is InChI=1S/C22H13ClO/c23-16-11-9-14(10-12-16)19-13-15-5-1-2-6-17(15)21-18-7-3-4-8-20(18)24-22(19)21/h1-13H. The van der Waals surface area contributed by atoms with Crippen molar-refractivity contribution in [1.82, 2.24) is 0 Å². The van der Waals surface area contributed by atoms with E-state index in [0.29, 0.717) is 0 Å². The van der Waals surface area contributed by atoms with E-state index < -0.39 is 0 Å². The van der Waals surface area contributed by atoms with Crippen LogP contribution in [0, 0.1) is 0 Å². The van der Waals surface area contributed by atoms with Crippen LogP contribution >= 0.6 is 11.6 Å². The maximum atomic E-state index is 6.24. The molecule has 114 valence electrons. The number of fused-ring (bicyclic) bond motifs is 5. The highest BCUT2D eigenvalue weighted by Gasteiger charge is 2.15. The molecule has 0 unspecified atom stereocenters. The summed E-state index contributed by atoms with van der Waals surface area (Å²) < 4.78 is 6.24. The Morgan fingerprint density at radius 1 is 0.708 bits per heavy atom. The molecule has 1 heterocycles. The van der Waals surface area contributed by atoms with Gasteiger partial charge in [0.05, 0.1) is 0 Å². The van der Waals surface area contributed by atoms with Crippen molar-refractivity contribution in [1.29, 1.82) is 0 Å². The van der Waals surface area contributed by atoms with Crippen molar-refractivity contribution in [3.8, 4) is 11.1 Å². The third kappa shape index (κ3) is 1.95.